The Hall–Kier alpha value is -1.65. The fourth-order valence-corrected chi connectivity index (χ4v) is 0.848. The van der Waals surface area contributed by atoms with Crippen molar-refractivity contribution in [1.82, 2.24) is 9.97 Å². The lowest BCUT2D eigenvalue weighted by Gasteiger charge is -1.97. The van der Waals surface area contributed by atoms with Crippen LogP contribution in [0.5, 0.6) is 0 Å². The van der Waals surface area contributed by atoms with E-state index in [0.29, 0.717) is 11.4 Å². The van der Waals surface area contributed by atoms with E-state index in [1.165, 1.54) is 6.20 Å². The van der Waals surface area contributed by atoms with E-state index in [4.69, 9.17) is 5.11 Å². The van der Waals surface area contributed by atoms with E-state index in [1.54, 1.807) is 6.92 Å². The molecule has 1 aromatic heterocycles. The molecule has 0 radical (unpaired) electrons. The SMILES string of the molecule is Cc1cnc(CCC(=O)O)[nH]c1=O. The minimum atomic E-state index is -0.900. The maximum Gasteiger partial charge on any atom is 0.303 e. The molecule has 5 nitrogen and oxygen atoms in total. The average molecular weight is 182 g/mol. The first-order chi connectivity index (χ1) is 6.09. The van der Waals surface area contributed by atoms with E-state index < -0.39 is 5.97 Å². The minimum Gasteiger partial charge on any atom is -0.481 e. The summed E-state index contributed by atoms with van der Waals surface area (Å²) in [5.74, 6) is -0.485. The molecule has 0 aromatic carbocycles. The van der Waals surface area contributed by atoms with Crippen molar-refractivity contribution in [3.05, 3.63) is 27.9 Å². The lowest BCUT2D eigenvalue weighted by molar-refractivity contribution is -0.137. The van der Waals surface area contributed by atoms with Gasteiger partial charge in [-0.2, -0.15) is 0 Å². The zero-order valence-electron chi connectivity index (χ0n) is 7.20. The number of aromatic nitrogens is 2. The smallest absolute Gasteiger partial charge is 0.303 e. The Labute approximate surface area is 74.4 Å². The fraction of sp³-hybridized carbons (Fsp3) is 0.375. The van der Waals surface area contributed by atoms with Gasteiger partial charge in [-0.3, -0.25) is 9.59 Å². The normalized spacial score (nSPS) is 9.92. The quantitative estimate of drug-likeness (QED) is 0.694. The number of nitrogens with one attached hydrogen (secondary N) is 1. The minimum absolute atomic E-state index is 0.0218. The average Bonchev–Trinajstić information content (AvgIpc) is 2.07. The summed E-state index contributed by atoms with van der Waals surface area (Å²) in [5.41, 5.74) is 0.314. The Morgan fingerprint density at radius 2 is 2.38 bits per heavy atom. The van der Waals surface area contributed by atoms with Gasteiger partial charge in [0.15, 0.2) is 0 Å². The Kier molecular flexibility index (Phi) is 2.79. The van der Waals surface area contributed by atoms with Crippen molar-refractivity contribution >= 4 is 5.97 Å². The predicted octanol–water partition coefficient (Wildman–Crippen LogP) is 0.0955. The molecule has 0 saturated heterocycles. The maximum absolute atomic E-state index is 11.0. The van der Waals surface area contributed by atoms with Gasteiger partial charge in [0, 0.05) is 18.2 Å². The number of aromatic amines is 1. The number of hydrogen-bond acceptors (Lipinski definition) is 3. The lowest BCUT2D eigenvalue weighted by atomic mass is 10.3. The molecule has 1 aromatic rings. The van der Waals surface area contributed by atoms with Gasteiger partial charge in [-0.05, 0) is 6.92 Å². The highest BCUT2D eigenvalue weighted by Crippen LogP contribution is 1.93. The number of carboxylic acid groups (broad SMARTS) is 1. The molecule has 0 fully saturated rings. The summed E-state index contributed by atoms with van der Waals surface area (Å²) in [6.07, 6.45) is 1.67. The standard InChI is InChI=1S/C8H10N2O3/c1-5-4-9-6(10-8(5)13)2-3-7(11)12/h4H,2-3H2,1H3,(H,11,12)(H,9,10,13). The van der Waals surface area contributed by atoms with Gasteiger partial charge >= 0.3 is 5.97 Å². The van der Waals surface area contributed by atoms with E-state index in [1.807, 2.05) is 0 Å². The number of carboxylic acids is 1. The first-order valence-electron chi connectivity index (χ1n) is 3.86. The van der Waals surface area contributed by atoms with Crippen LogP contribution in [0.25, 0.3) is 0 Å². The van der Waals surface area contributed by atoms with Crippen molar-refractivity contribution in [2.75, 3.05) is 0 Å². The molecule has 0 atom stereocenters. The first-order valence-corrected chi connectivity index (χ1v) is 3.86. The summed E-state index contributed by atoms with van der Waals surface area (Å²) in [4.78, 5) is 27.6. The molecule has 0 unspecified atom stereocenters. The van der Waals surface area contributed by atoms with E-state index in [9.17, 15) is 9.59 Å². The van der Waals surface area contributed by atoms with Crippen molar-refractivity contribution in [2.45, 2.75) is 19.8 Å². The van der Waals surface area contributed by atoms with E-state index in [2.05, 4.69) is 9.97 Å². The van der Waals surface area contributed by atoms with Crippen molar-refractivity contribution in [2.24, 2.45) is 0 Å². The summed E-state index contributed by atoms with van der Waals surface area (Å²) in [7, 11) is 0. The molecule has 0 aliphatic carbocycles. The second-order valence-electron chi connectivity index (χ2n) is 2.74. The zero-order valence-corrected chi connectivity index (χ0v) is 7.20. The second-order valence-corrected chi connectivity index (χ2v) is 2.74. The summed E-state index contributed by atoms with van der Waals surface area (Å²) < 4.78 is 0. The Bertz CT molecular complexity index is 370. The molecule has 5 heteroatoms. The second kappa shape index (κ2) is 3.84. The van der Waals surface area contributed by atoms with Crippen LogP contribution in [-0.2, 0) is 11.2 Å². The van der Waals surface area contributed by atoms with Crippen LogP contribution in [-0.4, -0.2) is 21.0 Å². The van der Waals surface area contributed by atoms with Gasteiger partial charge in [-0.15, -0.1) is 0 Å². The van der Waals surface area contributed by atoms with Gasteiger partial charge in [0.2, 0.25) is 0 Å². The van der Waals surface area contributed by atoms with Gasteiger partial charge in [-0.1, -0.05) is 0 Å². The molecule has 0 spiro atoms. The number of rotatable bonds is 3. The number of hydrogen-bond donors (Lipinski definition) is 2. The molecule has 0 bridgehead atoms. The number of aliphatic carboxylic acids is 1. The molecular weight excluding hydrogens is 172 g/mol. The molecule has 70 valence electrons. The van der Waals surface area contributed by atoms with Crippen LogP contribution >= 0.6 is 0 Å². The third-order valence-corrected chi connectivity index (χ3v) is 1.61. The van der Waals surface area contributed by atoms with Crippen LogP contribution in [0.15, 0.2) is 11.0 Å². The van der Waals surface area contributed by atoms with Crippen molar-refractivity contribution in [1.29, 1.82) is 0 Å². The van der Waals surface area contributed by atoms with Crippen LogP contribution in [0.2, 0.25) is 0 Å². The number of carbonyl (C=O) groups is 1. The number of nitrogens with zero attached hydrogens (tertiary/aromatic N) is 1. The van der Waals surface area contributed by atoms with Gasteiger partial charge in [0.05, 0.1) is 6.42 Å². The molecule has 0 aliphatic heterocycles. The van der Waals surface area contributed by atoms with Crippen LogP contribution in [0.3, 0.4) is 0 Å². The van der Waals surface area contributed by atoms with Crippen molar-refractivity contribution in [3.63, 3.8) is 0 Å². The van der Waals surface area contributed by atoms with Gasteiger partial charge in [0.1, 0.15) is 5.82 Å². The summed E-state index contributed by atoms with van der Waals surface area (Å²) in [6.45, 7) is 1.65. The topological polar surface area (TPSA) is 83.0 Å². The van der Waals surface area contributed by atoms with Crippen LogP contribution in [0.4, 0.5) is 0 Å². The predicted molar refractivity (Wildman–Crippen MR) is 45.6 cm³/mol. The van der Waals surface area contributed by atoms with Crippen molar-refractivity contribution < 1.29 is 9.90 Å². The Balaban J connectivity index is 2.74. The number of H-pyrrole nitrogens is 1. The molecule has 2 N–H and O–H groups in total. The molecule has 0 amide bonds. The molecule has 1 rings (SSSR count). The largest absolute Gasteiger partial charge is 0.481 e. The third-order valence-electron chi connectivity index (χ3n) is 1.61. The van der Waals surface area contributed by atoms with Crippen LogP contribution in [0.1, 0.15) is 17.8 Å². The molecule has 0 saturated carbocycles. The van der Waals surface area contributed by atoms with Crippen LogP contribution < -0.4 is 5.56 Å². The lowest BCUT2D eigenvalue weighted by Crippen LogP contribution is -2.14. The summed E-state index contributed by atoms with van der Waals surface area (Å²) >= 11 is 0. The van der Waals surface area contributed by atoms with Gasteiger partial charge < -0.3 is 10.1 Å². The fourth-order valence-electron chi connectivity index (χ4n) is 0.848. The maximum atomic E-state index is 11.0. The highest BCUT2D eigenvalue weighted by Gasteiger charge is 2.01. The molecule has 0 aliphatic rings. The number of aryl methyl sites for hydroxylation is 2. The summed E-state index contributed by atoms with van der Waals surface area (Å²) in [5, 5.41) is 8.38. The highest BCUT2D eigenvalue weighted by molar-refractivity contribution is 5.66. The zero-order chi connectivity index (χ0) is 9.84. The van der Waals surface area contributed by atoms with Gasteiger partial charge in [-0.25, -0.2) is 4.98 Å². The Morgan fingerprint density at radius 3 is 2.92 bits per heavy atom. The molecule has 13 heavy (non-hydrogen) atoms. The molecule has 1 heterocycles. The van der Waals surface area contributed by atoms with Crippen molar-refractivity contribution in [3.8, 4) is 0 Å². The van der Waals surface area contributed by atoms with E-state index in [0.717, 1.165) is 0 Å². The van der Waals surface area contributed by atoms with E-state index in [-0.39, 0.29) is 18.4 Å². The first kappa shape index (κ1) is 9.44. The molecular formula is C8H10N2O3. The summed E-state index contributed by atoms with van der Waals surface area (Å²) in [6, 6.07) is 0. The van der Waals surface area contributed by atoms with Gasteiger partial charge in [0.25, 0.3) is 5.56 Å². The third kappa shape index (κ3) is 2.70. The van der Waals surface area contributed by atoms with E-state index >= 15 is 0 Å². The van der Waals surface area contributed by atoms with Crippen LogP contribution in [0, 0.1) is 6.92 Å². The monoisotopic (exact) mass is 182 g/mol. The highest BCUT2D eigenvalue weighted by atomic mass is 16.4. The Morgan fingerprint density at radius 1 is 1.69 bits per heavy atom.